The summed E-state index contributed by atoms with van der Waals surface area (Å²) in [7, 11) is 0. The fourth-order valence-corrected chi connectivity index (χ4v) is 2.37. The van der Waals surface area contributed by atoms with E-state index in [0.29, 0.717) is 0 Å². The molecule has 0 aliphatic heterocycles. The van der Waals surface area contributed by atoms with Gasteiger partial charge in [0.15, 0.2) is 0 Å². The molecule has 0 nitrogen and oxygen atoms in total. The Kier molecular flexibility index (Phi) is 5.72. The summed E-state index contributed by atoms with van der Waals surface area (Å²) in [5, 5.41) is 0. The van der Waals surface area contributed by atoms with Crippen molar-refractivity contribution in [1.82, 2.24) is 0 Å². The Morgan fingerprint density at radius 2 is 2.20 bits per heavy atom. The van der Waals surface area contributed by atoms with E-state index in [9.17, 15) is 0 Å². The van der Waals surface area contributed by atoms with Gasteiger partial charge in [-0.2, -0.15) is 0 Å². The molecule has 1 heteroatoms. The molecule has 0 aliphatic rings. The monoisotopic (exact) mass is 174 g/mol. The molecule has 0 aromatic heterocycles. The van der Waals surface area contributed by atoms with Gasteiger partial charge in [-0.05, 0) is 0 Å². The molecule has 0 saturated heterocycles. The first-order valence-electron chi connectivity index (χ1n) is 2.41. The van der Waals surface area contributed by atoms with Crippen molar-refractivity contribution in [1.29, 1.82) is 0 Å². The zero-order valence-electron chi connectivity index (χ0n) is 4.12. The average Bonchev–Trinajstić information content (AvgIpc) is 1.41. The predicted molar refractivity (Wildman–Crippen MR) is 28.3 cm³/mol. The van der Waals surface area contributed by atoms with Gasteiger partial charge in [0.25, 0.3) is 0 Å². The molecule has 30 valence electrons. The van der Waals surface area contributed by atoms with Gasteiger partial charge in [-0.1, -0.05) is 0 Å². The third-order valence-corrected chi connectivity index (χ3v) is 2.73. The third kappa shape index (κ3) is 4.87. The fraction of sp³-hybridized carbons (Fsp3) is 1.00. The van der Waals surface area contributed by atoms with Crippen LogP contribution < -0.4 is 0 Å². The van der Waals surface area contributed by atoms with Crippen LogP contribution in [0, 0.1) is 0 Å². The van der Waals surface area contributed by atoms with Crippen molar-refractivity contribution >= 4 is 24.4 Å². The van der Waals surface area contributed by atoms with Crippen LogP contribution in [-0.2, 0) is 0 Å². The molecule has 0 radical (unpaired) electrons. The number of rotatable bonds is 2. The molecule has 0 bridgehead atoms. The number of unbranched alkanes of at least 4 members (excludes halogenated alkanes) is 1. The molecule has 0 rings (SSSR count). The molecule has 0 spiro atoms. The number of hydrogen-bond donors (Lipinski definition) is 0. The Labute approximate surface area is 48.5 Å². The second kappa shape index (κ2) is 4.87. The van der Waals surface area contributed by atoms with E-state index in [4.69, 9.17) is 0 Å². The van der Waals surface area contributed by atoms with Gasteiger partial charge in [0.1, 0.15) is 0 Å². The minimum atomic E-state index is 0.982. The summed E-state index contributed by atoms with van der Waals surface area (Å²) in [6, 6.07) is 0. The zero-order valence-corrected chi connectivity index (χ0v) is 9.83. The molecule has 0 heterocycles. The summed E-state index contributed by atoms with van der Waals surface area (Å²) in [5.74, 6) is 0. The summed E-state index contributed by atoms with van der Waals surface area (Å²) in [6.07, 6.45) is 2.88. The summed E-state index contributed by atoms with van der Waals surface area (Å²) >= 11 is 0.982. The maximum absolute atomic E-state index is 2.25. The van der Waals surface area contributed by atoms with Crippen LogP contribution in [0.2, 0.25) is 4.18 Å². The summed E-state index contributed by atoms with van der Waals surface area (Å²) in [4.78, 5) is 0. The molecular weight excluding hydrogens is 163 g/mol. The van der Waals surface area contributed by atoms with E-state index < -0.39 is 0 Å². The first-order chi connectivity index (χ1) is 2.41. The van der Waals surface area contributed by atoms with E-state index in [1.807, 2.05) is 0 Å². The molecule has 0 atom stereocenters. The second-order valence-electron chi connectivity index (χ2n) is 1.35. The van der Waals surface area contributed by atoms with Gasteiger partial charge >= 0.3 is 48.3 Å². The van der Waals surface area contributed by atoms with Gasteiger partial charge in [-0.3, -0.25) is 0 Å². The van der Waals surface area contributed by atoms with Crippen LogP contribution in [0.3, 0.4) is 0 Å². The third-order valence-electron chi connectivity index (χ3n) is 0.707. The van der Waals surface area contributed by atoms with Gasteiger partial charge in [0, 0.05) is 0 Å². The predicted octanol–water partition coefficient (Wildman–Crippen LogP) is 0.838. The first kappa shape index (κ1) is 5.87. The van der Waals surface area contributed by atoms with Crippen molar-refractivity contribution in [2.45, 2.75) is 23.9 Å². The molecule has 0 N–H and O–H groups in total. The van der Waals surface area contributed by atoms with Crippen LogP contribution >= 0.6 is 0 Å². The van der Waals surface area contributed by atoms with E-state index in [1.54, 1.807) is 4.18 Å². The van der Waals surface area contributed by atoms with Crippen LogP contribution in [0.5, 0.6) is 0 Å². The minimum absolute atomic E-state index is 0.982. The molecule has 0 saturated carbocycles. The molecule has 0 fully saturated rings. The van der Waals surface area contributed by atoms with Crippen LogP contribution in [0.4, 0.5) is 0 Å². The SMILES string of the molecule is CCC[CH2][InH2]. The molecule has 0 aromatic rings. The second-order valence-corrected chi connectivity index (χ2v) is 4.21. The van der Waals surface area contributed by atoms with Gasteiger partial charge in [0.2, 0.25) is 0 Å². The number of hydrogen-bond acceptors (Lipinski definition) is 0. The Balaban J connectivity index is 2.19. The van der Waals surface area contributed by atoms with Gasteiger partial charge in [-0.15, -0.1) is 0 Å². The van der Waals surface area contributed by atoms with Crippen molar-refractivity contribution < 1.29 is 0 Å². The van der Waals surface area contributed by atoms with Gasteiger partial charge < -0.3 is 0 Å². The van der Waals surface area contributed by atoms with E-state index in [2.05, 4.69) is 6.92 Å². The average molecular weight is 174 g/mol. The van der Waals surface area contributed by atoms with Crippen molar-refractivity contribution in [3.8, 4) is 0 Å². The standard InChI is InChI=1S/C4H9.In.2H/c1-3-4-2;;;/h1,3-4H2,2H3;;;. The Morgan fingerprint density at radius 1 is 1.60 bits per heavy atom. The Morgan fingerprint density at radius 3 is 2.20 bits per heavy atom. The van der Waals surface area contributed by atoms with Crippen molar-refractivity contribution in [2.24, 2.45) is 0 Å². The first-order valence-corrected chi connectivity index (χ1v) is 6.45. The van der Waals surface area contributed by atoms with Gasteiger partial charge in [0.05, 0.1) is 0 Å². The van der Waals surface area contributed by atoms with Crippen LogP contribution in [0.1, 0.15) is 19.8 Å². The van der Waals surface area contributed by atoms with Crippen molar-refractivity contribution in [3.05, 3.63) is 0 Å². The zero-order chi connectivity index (χ0) is 4.12. The van der Waals surface area contributed by atoms with E-state index >= 15 is 0 Å². The van der Waals surface area contributed by atoms with E-state index in [0.717, 1.165) is 24.4 Å². The van der Waals surface area contributed by atoms with Crippen LogP contribution in [0.15, 0.2) is 0 Å². The van der Waals surface area contributed by atoms with Crippen LogP contribution in [0.25, 0.3) is 0 Å². The Bertz CT molecular complexity index is 11.1. The molecule has 0 amide bonds. The maximum atomic E-state index is 2.25. The summed E-state index contributed by atoms with van der Waals surface area (Å²) in [5.41, 5.74) is 0. The van der Waals surface area contributed by atoms with Gasteiger partial charge in [-0.25, -0.2) is 0 Å². The topological polar surface area (TPSA) is 0 Å². The molecule has 0 unspecified atom stereocenters. The van der Waals surface area contributed by atoms with E-state index in [1.165, 1.54) is 12.8 Å². The molecule has 5 heavy (non-hydrogen) atoms. The van der Waals surface area contributed by atoms with Crippen molar-refractivity contribution in [2.75, 3.05) is 0 Å². The summed E-state index contributed by atoms with van der Waals surface area (Å²) in [6.45, 7) is 2.25. The molecule has 0 aliphatic carbocycles. The quantitative estimate of drug-likeness (QED) is 0.581. The van der Waals surface area contributed by atoms with Crippen molar-refractivity contribution in [3.63, 3.8) is 0 Å². The summed E-state index contributed by atoms with van der Waals surface area (Å²) < 4.78 is 1.55. The Hall–Kier alpha value is 0.870. The van der Waals surface area contributed by atoms with Crippen LogP contribution in [-0.4, -0.2) is 24.4 Å². The normalized spacial score (nSPS) is 8.20. The molecular formula is C4H11In. The fourth-order valence-electron chi connectivity index (χ4n) is 0.354. The molecule has 0 aromatic carbocycles. The van der Waals surface area contributed by atoms with E-state index in [-0.39, 0.29) is 0 Å².